The first-order valence-electron chi connectivity index (χ1n) is 16.9. The summed E-state index contributed by atoms with van der Waals surface area (Å²) in [6.07, 6.45) is 3.46. The standard InChI is InChI=1S/C37H50N4O6/c1-25(47-24-27-17-10-6-11-18-27)31(42)21-13-7-12-19-28-33(43)40-32(37(2,3)4)35(45)39-29(23-26-15-8-5-9-16-26)36(46)41-22-14-20-30(41)34(44)38-28/h5-6,8-11,15-18,25,28-30,32H,7,12-14,19-24H2,1-4H3,(H,38,44)(H,39,45)(H,40,43)/t25?,28-,29+,30+,32+/m0/s1. The number of hydrogen-bond acceptors (Lipinski definition) is 6. The highest BCUT2D eigenvalue weighted by Crippen LogP contribution is 2.24. The maximum atomic E-state index is 13.9. The van der Waals surface area contributed by atoms with Crippen molar-refractivity contribution in [1.82, 2.24) is 20.9 Å². The first kappa shape index (κ1) is 35.8. The third kappa shape index (κ3) is 10.2. The summed E-state index contributed by atoms with van der Waals surface area (Å²) in [7, 11) is 0. The van der Waals surface area contributed by atoms with Gasteiger partial charge in [-0.2, -0.15) is 0 Å². The molecule has 2 aromatic carbocycles. The molecule has 0 spiro atoms. The van der Waals surface area contributed by atoms with E-state index in [1.165, 1.54) is 0 Å². The van der Waals surface area contributed by atoms with Crippen molar-refractivity contribution in [3.63, 3.8) is 0 Å². The van der Waals surface area contributed by atoms with Gasteiger partial charge in [-0.1, -0.05) is 94.3 Å². The van der Waals surface area contributed by atoms with Gasteiger partial charge in [-0.25, -0.2) is 0 Å². The Morgan fingerprint density at radius 1 is 0.830 bits per heavy atom. The molecule has 47 heavy (non-hydrogen) atoms. The lowest BCUT2D eigenvalue weighted by Crippen LogP contribution is -2.63. The molecule has 10 heteroatoms. The summed E-state index contributed by atoms with van der Waals surface area (Å²) in [5.74, 6) is -1.53. The lowest BCUT2D eigenvalue weighted by molar-refractivity contribution is -0.144. The summed E-state index contributed by atoms with van der Waals surface area (Å²) in [6.45, 7) is 8.09. The average Bonchev–Trinajstić information content (AvgIpc) is 3.55. The molecule has 0 saturated carbocycles. The number of ketones is 1. The van der Waals surface area contributed by atoms with E-state index in [1.807, 2.05) is 81.4 Å². The summed E-state index contributed by atoms with van der Waals surface area (Å²) >= 11 is 0. The van der Waals surface area contributed by atoms with Gasteiger partial charge in [0.1, 0.15) is 30.3 Å². The molecule has 2 aliphatic heterocycles. The van der Waals surface area contributed by atoms with E-state index in [2.05, 4.69) is 16.0 Å². The minimum atomic E-state index is -0.940. The molecule has 4 rings (SSSR count). The zero-order chi connectivity index (χ0) is 34.0. The van der Waals surface area contributed by atoms with Crippen molar-refractivity contribution in [3.05, 3.63) is 71.8 Å². The van der Waals surface area contributed by atoms with E-state index in [9.17, 15) is 24.0 Å². The second-order valence-electron chi connectivity index (χ2n) is 13.8. The first-order valence-corrected chi connectivity index (χ1v) is 16.9. The van der Waals surface area contributed by atoms with Crippen molar-refractivity contribution >= 4 is 29.4 Å². The first-order chi connectivity index (χ1) is 22.4. The molecule has 2 fully saturated rings. The van der Waals surface area contributed by atoms with Crippen molar-refractivity contribution in [2.24, 2.45) is 5.41 Å². The fourth-order valence-electron chi connectivity index (χ4n) is 6.18. The highest BCUT2D eigenvalue weighted by molar-refractivity contribution is 5.98. The second-order valence-corrected chi connectivity index (χ2v) is 13.8. The van der Waals surface area contributed by atoms with Crippen LogP contribution in [-0.4, -0.2) is 71.1 Å². The SMILES string of the molecule is CC(OCc1ccccc1)C(=O)CCCCC[C@@H]1NC(=O)[C@H]2CCCN2C(=O)[C@@H](Cc2ccccc2)NC(=O)[C@H](C(C)(C)C)NC1=O. The average molecular weight is 647 g/mol. The molecular formula is C37H50N4O6. The molecule has 2 aromatic rings. The smallest absolute Gasteiger partial charge is 0.246 e. The van der Waals surface area contributed by atoms with Crippen molar-refractivity contribution < 1.29 is 28.7 Å². The van der Waals surface area contributed by atoms with Gasteiger partial charge in [0.05, 0.1) is 6.61 Å². The Morgan fingerprint density at radius 3 is 2.13 bits per heavy atom. The van der Waals surface area contributed by atoms with E-state index in [0.717, 1.165) is 11.1 Å². The van der Waals surface area contributed by atoms with Gasteiger partial charge in [-0.15, -0.1) is 0 Å². The maximum Gasteiger partial charge on any atom is 0.246 e. The quantitative estimate of drug-likeness (QED) is 0.300. The Kier molecular flexibility index (Phi) is 12.7. The van der Waals surface area contributed by atoms with E-state index >= 15 is 0 Å². The molecule has 5 atom stereocenters. The monoisotopic (exact) mass is 646 g/mol. The molecule has 10 nitrogen and oxygen atoms in total. The van der Waals surface area contributed by atoms with Gasteiger partial charge in [-0.3, -0.25) is 24.0 Å². The van der Waals surface area contributed by atoms with Gasteiger partial charge in [0.25, 0.3) is 0 Å². The zero-order valence-corrected chi connectivity index (χ0v) is 28.1. The summed E-state index contributed by atoms with van der Waals surface area (Å²) < 4.78 is 5.75. The van der Waals surface area contributed by atoms with Crippen LogP contribution in [0.25, 0.3) is 0 Å². The molecule has 2 heterocycles. The number of carbonyl (C=O) groups excluding carboxylic acids is 5. The summed E-state index contributed by atoms with van der Waals surface area (Å²) in [5.41, 5.74) is 1.22. The van der Waals surface area contributed by atoms with Gasteiger partial charge in [0.15, 0.2) is 5.78 Å². The van der Waals surface area contributed by atoms with Gasteiger partial charge in [-0.05, 0) is 49.1 Å². The maximum absolute atomic E-state index is 13.9. The molecule has 2 aliphatic rings. The molecular weight excluding hydrogens is 596 g/mol. The lowest BCUT2D eigenvalue weighted by Gasteiger charge is -2.36. The van der Waals surface area contributed by atoms with E-state index in [4.69, 9.17) is 4.74 Å². The fraction of sp³-hybridized carbons (Fsp3) is 0.541. The molecule has 4 amide bonds. The van der Waals surface area contributed by atoms with E-state index in [1.54, 1.807) is 11.8 Å². The highest BCUT2D eigenvalue weighted by Gasteiger charge is 2.42. The molecule has 0 bridgehead atoms. The topological polar surface area (TPSA) is 134 Å². The molecule has 1 unspecified atom stereocenters. The normalized spacial score (nSPS) is 23.1. The number of amides is 4. The Bertz CT molecular complexity index is 1380. The number of rotatable bonds is 12. The van der Waals surface area contributed by atoms with Crippen LogP contribution in [0.2, 0.25) is 0 Å². The Balaban J connectivity index is 1.40. The highest BCUT2D eigenvalue weighted by atomic mass is 16.5. The van der Waals surface area contributed by atoms with Crippen molar-refractivity contribution in [1.29, 1.82) is 0 Å². The molecule has 0 radical (unpaired) electrons. The number of hydrogen-bond donors (Lipinski definition) is 3. The van der Waals surface area contributed by atoms with E-state index < -0.39 is 47.5 Å². The van der Waals surface area contributed by atoms with Gasteiger partial charge < -0.3 is 25.6 Å². The van der Waals surface area contributed by atoms with Crippen molar-refractivity contribution in [2.75, 3.05) is 6.54 Å². The number of carbonyl (C=O) groups is 5. The number of fused-ring (bicyclic) bond motifs is 1. The van der Waals surface area contributed by atoms with Crippen LogP contribution in [0.1, 0.15) is 83.8 Å². The minimum Gasteiger partial charge on any atom is -0.366 e. The number of unbranched alkanes of at least 4 members (excludes halogenated alkanes) is 2. The number of benzene rings is 2. The second kappa shape index (κ2) is 16.7. The summed E-state index contributed by atoms with van der Waals surface area (Å²) in [4.78, 5) is 69.2. The zero-order valence-electron chi connectivity index (χ0n) is 28.1. The third-order valence-electron chi connectivity index (χ3n) is 9.00. The van der Waals surface area contributed by atoms with Crippen LogP contribution < -0.4 is 16.0 Å². The van der Waals surface area contributed by atoms with Gasteiger partial charge >= 0.3 is 0 Å². The Hall–Kier alpha value is -4.05. The van der Waals surface area contributed by atoms with Gasteiger partial charge in [0.2, 0.25) is 23.6 Å². The van der Waals surface area contributed by atoms with Crippen molar-refractivity contribution in [2.45, 2.75) is 116 Å². The van der Waals surface area contributed by atoms with Crippen LogP contribution in [0, 0.1) is 5.41 Å². The molecule has 3 N–H and O–H groups in total. The Morgan fingerprint density at radius 2 is 1.47 bits per heavy atom. The molecule has 0 aromatic heterocycles. The van der Waals surface area contributed by atoms with Gasteiger partial charge in [0, 0.05) is 19.4 Å². The van der Waals surface area contributed by atoms with Crippen LogP contribution in [-0.2, 0) is 41.7 Å². The van der Waals surface area contributed by atoms with E-state index in [0.29, 0.717) is 58.1 Å². The van der Waals surface area contributed by atoms with Crippen LogP contribution in [0.5, 0.6) is 0 Å². The molecule has 254 valence electrons. The summed E-state index contributed by atoms with van der Waals surface area (Å²) in [5, 5.41) is 8.74. The van der Waals surface area contributed by atoms with E-state index in [-0.39, 0.29) is 24.0 Å². The van der Waals surface area contributed by atoms with Crippen LogP contribution in [0.15, 0.2) is 60.7 Å². The summed E-state index contributed by atoms with van der Waals surface area (Å²) in [6, 6.07) is 15.7. The molecule has 0 aliphatic carbocycles. The van der Waals surface area contributed by atoms with Crippen LogP contribution >= 0.6 is 0 Å². The predicted molar refractivity (Wildman–Crippen MR) is 179 cm³/mol. The number of nitrogens with zero attached hydrogens (tertiary/aromatic N) is 1. The number of Topliss-reactive ketones (excluding diaryl/α,β-unsaturated/α-hetero) is 1. The van der Waals surface area contributed by atoms with Crippen LogP contribution in [0.4, 0.5) is 0 Å². The Labute approximate surface area is 278 Å². The van der Waals surface area contributed by atoms with Crippen LogP contribution in [0.3, 0.4) is 0 Å². The third-order valence-corrected chi connectivity index (χ3v) is 9.00. The minimum absolute atomic E-state index is 0.0218. The fourth-order valence-corrected chi connectivity index (χ4v) is 6.18. The molecule has 2 saturated heterocycles. The number of nitrogens with one attached hydrogen (secondary N) is 3. The van der Waals surface area contributed by atoms with Crippen molar-refractivity contribution in [3.8, 4) is 0 Å². The number of ether oxygens (including phenoxy) is 1. The predicted octanol–water partition coefficient (Wildman–Crippen LogP) is 3.86. The largest absolute Gasteiger partial charge is 0.366 e. The lowest BCUT2D eigenvalue weighted by atomic mass is 9.85.